The Bertz CT molecular complexity index is 369. The van der Waals surface area contributed by atoms with Gasteiger partial charge in [-0.25, -0.2) is 0 Å². The van der Waals surface area contributed by atoms with E-state index in [-0.39, 0.29) is 6.61 Å². The zero-order valence-corrected chi connectivity index (χ0v) is 7.37. The number of rotatable bonds is 1. The topological polar surface area (TPSA) is 37.3 Å². The molecule has 0 spiro atoms. The highest BCUT2D eigenvalue weighted by molar-refractivity contribution is 5.74. The van der Waals surface area contributed by atoms with Gasteiger partial charge in [-0.2, -0.15) is 0 Å². The first-order valence-corrected chi connectivity index (χ1v) is 3.93. The highest BCUT2D eigenvalue weighted by atomic mass is 16.3. The summed E-state index contributed by atoms with van der Waals surface area (Å²) in [5, 5.41) is 8.95. The van der Waals surface area contributed by atoms with E-state index in [9.17, 15) is 4.79 Å². The second-order valence-electron chi connectivity index (χ2n) is 2.69. The zero-order chi connectivity index (χ0) is 9.68. The van der Waals surface area contributed by atoms with Crippen molar-refractivity contribution in [1.29, 1.82) is 0 Å². The average Bonchev–Trinajstić information content (AvgIpc) is 2.16. The van der Waals surface area contributed by atoms with Crippen molar-refractivity contribution >= 4 is 6.29 Å². The van der Waals surface area contributed by atoms with E-state index in [1.54, 1.807) is 6.07 Å². The minimum Gasteiger partial charge on any atom is -0.392 e. The molecule has 0 heterocycles. The minimum absolute atomic E-state index is 0.00242. The summed E-state index contributed by atoms with van der Waals surface area (Å²) in [5.74, 6) is 4.99. The summed E-state index contributed by atoms with van der Waals surface area (Å²) in [7, 11) is 0. The first-order valence-electron chi connectivity index (χ1n) is 3.93. The molecule has 0 radical (unpaired) electrons. The Morgan fingerprint density at radius 1 is 1.54 bits per heavy atom. The van der Waals surface area contributed by atoms with Crippen molar-refractivity contribution in [3.63, 3.8) is 0 Å². The summed E-state index contributed by atoms with van der Waals surface area (Å²) in [6.45, 7) is 1.92. The lowest BCUT2D eigenvalue weighted by molar-refractivity contribution is -0.103. The molecule has 0 fully saturated rings. The van der Waals surface area contributed by atoms with Crippen molar-refractivity contribution in [3.05, 3.63) is 34.9 Å². The fraction of sp³-hybridized carbons (Fsp3) is 0.182. The molecule has 1 aromatic rings. The number of aldehydes is 1. The maximum Gasteiger partial charge on any atom is 0.193 e. The van der Waals surface area contributed by atoms with E-state index in [0.29, 0.717) is 6.29 Å². The Morgan fingerprint density at radius 2 is 2.31 bits per heavy atom. The molecule has 66 valence electrons. The van der Waals surface area contributed by atoms with Crippen LogP contribution in [-0.4, -0.2) is 11.4 Å². The summed E-state index contributed by atoms with van der Waals surface area (Å²) in [6, 6.07) is 5.48. The largest absolute Gasteiger partial charge is 0.392 e. The van der Waals surface area contributed by atoms with Crippen LogP contribution in [0.3, 0.4) is 0 Å². The first-order chi connectivity index (χ1) is 6.27. The van der Waals surface area contributed by atoms with E-state index >= 15 is 0 Å². The van der Waals surface area contributed by atoms with Gasteiger partial charge < -0.3 is 5.11 Å². The third-order valence-electron chi connectivity index (χ3n) is 1.79. The number of benzene rings is 1. The third-order valence-corrected chi connectivity index (χ3v) is 1.79. The van der Waals surface area contributed by atoms with Crippen LogP contribution < -0.4 is 0 Å². The lowest BCUT2D eigenvalue weighted by Gasteiger charge is -2.01. The molecule has 1 rings (SSSR count). The Morgan fingerprint density at radius 3 is 2.92 bits per heavy atom. The molecular formula is C11H10O2. The van der Waals surface area contributed by atoms with Crippen molar-refractivity contribution < 1.29 is 9.90 Å². The lowest BCUT2D eigenvalue weighted by Crippen LogP contribution is -1.89. The number of carbonyl (C=O) groups is 1. The van der Waals surface area contributed by atoms with Gasteiger partial charge in [-0.1, -0.05) is 12.0 Å². The molecule has 1 aromatic carbocycles. The van der Waals surface area contributed by atoms with E-state index in [1.165, 1.54) is 0 Å². The normalized spacial score (nSPS) is 8.77. The summed E-state index contributed by atoms with van der Waals surface area (Å²) >= 11 is 0. The summed E-state index contributed by atoms with van der Waals surface area (Å²) in [4.78, 5) is 9.98. The van der Waals surface area contributed by atoms with Gasteiger partial charge in [0.15, 0.2) is 6.29 Å². The molecule has 2 heteroatoms. The second-order valence-corrected chi connectivity index (χ2v) is 2.69. The lowest BCUT2D eigenvalue weighted by atomic mass is 10.1. The van der Waals surface area contributed by atoms with Gasteiger partial charge in [0.05, 0.1) is 6.61 Å². The van der Waals surface area contributed by atoms with Crippen LogP contribution in [0.15, 0.2) is 18.2 Å². The molecule has 0 aliphatic heterocycles. The zero-order valence-electron chi connectivity index (χ0n) is 7.37. The molecule has 2 nitrogen and oxygen atoms in total. The van der Waals surface area contributed by atoms with Gasteiger partial charge in [-0.15, -0.1) is 0 Å². The van der Waals surface area contributed by atoms with E-state index in [1.807, 2.05) is 19.1 Å². The van der Waals surface area contributed by atoms with Crippen LogP contribution in [0.25, 0.3) is 0 Å². The van der Waals surface area contributed by atoms with Crippen LogP contribution in [0.5, 0.6) is 0 Å². The molecular weight excluding hydrogens is 164 g/mol. The maximum absolute atomic E-state index is 9.98. The van der Waals surface area contributed by atoms with E-state index in [4.69, 9.17) is 5.11 Å². The van der Waals surface area contributed by atoms with Crippen LogP contribution in [0.1, 0.15) is 16.7 Å². The average molecular weight is 174 g/mol. The molecule has 0 atom stereocenters. The predicted molar refractivity (Wildman–Crippen MR) is 50.0 cm³/mol. The van der Waals surface area contributed by atoms with Crippen molar-refractivity contribution in [2.24, 2.45) is 0 Å². The van der Waals surface area contributed by atoms with E-state index in [0.717, 1.165) is 16.7 Å². The molecule has 0 aliphatic rings. The minimum atomic E-state index is 0.00242. The Balaban J connectivity index is 3.06. The fourth-order valence-corrected chi connectivity index (χ4v) is 1.03. The fourth-order valence-electron chi connectivity index (χ4n) is 1.03. The van der Waals surface area contributed by atoms with Crippen LogP contribution >= 0.6 is 0 Å². The van der Waals surface area contributed by atoms with Crippen molar-refractivity contribution in [3.8, 4) is 11.8 Å². The van der Waals surface area contributed by atoms with Gasteiger partial charge in [-0.3, -0.25) is 4.79 Å². The quantitative estimate of drug-likeness (QED) is 0.510. The standard InChI is InChI=1S/C11H10O2/c1-9-4-5-10(3-2-6-12)7-11(9)8-13/h4-7,13H,8H2,1H3. The van der Waals surface area contributed by atoms with Gasteiger partial charge in [0.2, 0.25) is 0 Å². The summed E-state index contributed by atoms with van der Waals surface area (Å²) in [5.41, 5.74) is 2.62. The smallest absolute Gasteiger partial charge is 0.193 e. The Kier molecular flexibility index (Phi) is 3.24. The third kappa shape index (κ3) is 2.43. The second kappa shape index (κ2) is 4.44. The molecule has 0 saturated carbocycles. The molecule has 0 bridgehead atoms. The maximum atomic E-state index is 9.98. The van der Waals surface area contributed by atoms with Crippen LogP contribution in [0.2, 0.25) is 0 Å². The summed E-state index contributed by atoms with van der Waals surface area (Å²) < 4.78 is 0. The highest BCUT2D eigenvalue weighted by Gasteiger charge is 1.96. The highest BCUT2D eigenvalue weighted by Crippen LogP contribution is 2.09. The van der Waals surface area contributed by atoms with Crippen molar-refractivity contribution in [2.45, 2.75) is 13.5 Å². The van der Waals surface area contributed by atoms with E-state index < -0.39 is 0 Å². The van der Waals surface area contributed by atoms with E-state index in [2.05, 4.69) is 11.8 Å². The van der Waals surface area contributed by atoms with Gasteiger partial charge in [0, 0.05) is 5.56 Å². The molecule has 1 N–H and O–H groups in total. The number of hydrogen-bond donors (Lipinski definition) is 1. The monoisotopic (exact) mass is 174 g/mol. The van der Waals surface area contributed by atoms with Crippen LogP contribution in [0.4, 0.5) is 0 Å². The number of aryl methyl sites for hydroxylation is 1. The van der Waals surface area contributed by atoms with Gasteiger partial charge in [0.25, 0.3) is 0 Å². The molecule has 0 aliphatic carbocycles. The van der Waals surface area contributed by atoms with Crippen molar-refractivity contribution in [2.75, 3.05) is 0 Å². The molecule has 13 heavy (non-hydrogen) atoms. The SMILES string of the molecule is Cc1ccc(C#CC=O)cc1CO. The molecule has 0 saturated heterocycles. The van der Waals surface area contributed by atoms with Crippen LogP contribution in [-0.2, 0) is 11.4 Å². The molecule has 0 amide bonds. The Labute approximate surface area is 77.2 Å². The van der Waals surface area contributed by atoms with Gasteiger partial charge >= 0.3 is 0 Å². The Hall–Kier alpha value is -1.59. The molecule has 0 unspecified atom stereocenters. The van der Waals surface area contributed by atoms with Crippen molar-refractivity contribution in [1.82, 2.24) is 0 Å². The first kappa shape index (κ1) is 9.50. The number of aliphatic hydroxyl groups excluding tert-OH is 1. The van der Waals surface area contributed by atoms with Crippen LogP contribution in [0, 0.1) is 18.8 Å². The summed E-state index contributed by atoms with van der Waals surface area (Å²) in [6.07, 6.45) is 0.554. The number of carbonyl (C=O) groups excluding carboxylic acids is 1. The number of aliphatic hydroxyl groups is 1. The van der Waals surface area contributed by atoms with Gasteiger partial charge in [-0.05, 0) is 36.1 Å². The molecule has 0 aromatic heterocycles. The van der Waals surface area contributed by atoms with Gasteiger partial charge in [0.1, 0.15) is 0 Å². The predicted octanol–water partition coefficient (Wildman–Crippen LogP) is 1.04. The number of hydrogen-bond acceptors (Lipinski definition) is 2.